The highest BCUT2D eigenvalue weighted by Gasteiger charge is 2.25. The number of ether oxygens (including phenoxy) is 1. The zero-order chi connectivity index (χ0) is 24.3. The molecule has 0 radical (unpaired) electrons. The van der Waals surface area contributed by atoms with Crippen molar-refractivity contribution in [2.24, 2.45) is 0 Å². The molecule has 2 aromatic rings. The van der Waals surface area contributed by atoms with Gasteiger partial charge in [0.05, 0.1) is 6.61 Å². The van der Waals surface area contributed by atoms with Crippen molar-refractivity contribution in [3.05, 3.63) is 70.3 Å². The predicted octanol–water partition coefficient (Wildman–Crippen LogP) is 6.28. The maximum Gasteiger partial charge on any atom is 0.253 e. The van der Waals surface area contributed by atoms with Gasteiger partial charge in [-0.3, -0.25) is 9.59 Å². The number of hydrogen-bond acceptors (Lipinski definition) is 3. The summed E-state index contributed by atoms with van der Waals surface area (Å²) in [5.74, 6) is 0.619. The zero-order valence-corrected chi connectivity index (χ0v) is 21.0. The Balaban J connectivity index is 2.47. The molecule has 172 valence electrons. The Morgan fingerprint density at radius 2 is 1.47 bits per heavy atom. The summed E-state index contributed by atoms with van der Waals surface area (Å²) in [6.45, 7) is 15.6. The molecule has 32 heavy (non-hydrogen) atoms. The lowest BCUT2D eigenvalue weighted by Gasteiger charge is -2.28. The van der Waals surface area contributed by atoms with Crippen LogP contribution in [0, 0.1) is 0 Å². The van der Waals surface area contributed by atoms with Gasteiger partial charge in [-0.25, -0.2) is 0 Å². The lowest BCUT2D eigenvalue weighted by molar-refractivity contribution is 0.0827. The fourth-order valence-electron chi connectivity index (χ4n) is 3.37. The van der Waals surface area contributed by atoms with Crippen LogP contribution in [-0.2, 0) is 10.8 Å². The summed E-state index contributed by atoms with van der Waals surface area (Å²) >= 11 is 0. The quantitative estimate of drug-likeness (QED) is 0.396. The standard InChI is InChI=1S/C28H37NO3/c1-10-32-25-21(17-22(27(2,3)4)18-23(25)28(5,6)7)15-16-24(30)19-11-13-20(14-12-19)26(31)29(8)9/h11-18H,10H2,1-9H3/b16-15+. The second-order valence-electron chi connectivity index (χ2n) is 10.3. The van der Waals surface area contributed by atoms with Gasteiger partial charge in [0.2, 0.25) is 0 Å². The molecule has 0 saturated carbocycles. The van der Waals surface area contributed by atoms with Crippen molar-refractivity contribution in [2.75, 3.05) is 20.7 Å². The van der Waals surface area contributed by atoms with Crippen molar-refractivity contribution >= 4 is 17.8 Å². The largest absolute Gasteiger partial charge is 0.493 e. The molecule has 0 saturated heterocycles. The molecule has 1 amide bonds. The summed E-state index contributed by atoms with van der Waals surface area (Å²) in [6.07, 6.45) is 3.43. The average molecular weight is 436 g/mol. The van der Waals surface area contributed by atoms with E-state index in [1.165, 1.54) is 10.5 Å². The molecule has 4 heteroatoms. The minimum Gasteiger partial charge on any atom is -0.493 e. The van der Waals surface area contributed by atoms with E-state index in [1.54, 1.807) is 44.4 Å². The molecule has 0 N–H and O–H groups in total. The first kappa shape index (κ1) is 25.4. The van der Waals surface area contributed by atoms with Gasteiger partial charge >= 0.3 is 0 Å². The lowest BCUT2D eigenvalue weighted by Crippen LogP contribution is -2.21. The highest BCUT2D eigenvalue weighted by molar-refractivity contribution is 6.07. The van der Waals surface area contributed by atoms with Crippen LogP contribution in [0.3, 0.4) is 0 Å². The predicted molar refractivity (Wildman–Crippen MR) is 133 cm³/mol. The Morgan fingerprint density at radius 1 is 0.906 bits per heavy atom. The second-order valence-corrected chi connectivity index (χ2v) is 10.3. The third kappa shape index (κ3) is 6.09. The van der Waals surface area contributed by atoms with Crippen molar-refractivity contribution in [3.8, 4) is 5.75 Å². The number of carbonyl (C=O) groups excluding carboxylic acids is 2. The van der Waals surface area contributed by atoms with Crippen molar-refractivity contribution in [1.82, 2.24) is 4.90 Å². The van der Waals surface area contributed by atoms with Crippen LogP contribution >= 0.6 is 0 Å². The molecular formula is C28H37NO3. The summed E-state index contributed by atoms with van der Waals surface area (Å²) in [4.78, 5) is 26.4. The van der Waals surface area contributed by atoms with Crippen molar-refractivity contribution in [1.29, 1.82) is 0 Å². The molecule has 0 spiro atoms. The minimum absolute atomic E-state index is 0.0356. The number of allylic oxidation sites excluding steroid dienone is 1. The average Bonchev–Trinajstić information content (AvgIpc) is 2.70. The number of benzene rings is 2. The second kappa shape index (κ2) is 9.72. The molecule has 2 aromatic carbocycles. The van der Waals surface area contributed by atoms with Gasteiger partial charge in [0.1, 0.15) is 5.75 Å². The number of nitrogens with zero attached hydrogens (tertiary/aromatic N) is 1. The molecule has 4 nitrogen and oxygen atoms in total. The molecule has 2 rings (SSSR count). The van der Waals surface area contributed by atoms with Crippen molar-refractivity contribution < 1.29 is 14.3 Å². The zero-order valence-electron chi connectivity index (χ0n) is 21.0. The molecule has 0 fully saturated rings. The fourth-order valence-corrected chi connectivity index (χ4v) is 3.37. The van der Waals surface area contributed by atoms with Gasteiger partial charge in [0.25, 0.3) is 5.91 Å². The third-order valence-corrected chi connectivity index (χ3v) is 5.32. The molecule has 0 atom stereocenters. The summed E-state index contributed by atoms with van der Waals surface area (Å²) in [5.41, 5.74) is 4.19. The van der Waals surface area contributed by atoms with E-state index in [2.05, 4.69) is 53.7 Å². The summed E-state index contributed by atoms with van der Waals surface area (Å²) < 4.78 is 6.06. The molecular weight excluding hydrogens is 398 g/mol. The lowest BCUT2D eigenvalue weighted by atomic mass is 9.79. The fraction of sp³-hybridized carbons (Fsp3) is 0.429. The summed E-state index contributed by atoms with van der Waals surface area (Å²) in [5, 5.41) is 0. The summed E-state index contributed by atoms with van der Waals surface area (Å²) in [6, 6.07) is 11.1. The van der Waals surface area contributed by atoms with Crippen LogP contribution in [0.5, 0.6) is 5.75 Å². The topological polar surface area (TPSA) is 46.6 Å². The van der Waals surface area contributed by atoms with Gasteiger partial charge in [-0.05, 0) is 53.7 Å². The SMILES string of the molecule is CCOc1c(/C=C/C(=O)c2ccc(C(=O)N(C)C)cc2)cc(C(C)(C)C)cc1C(C)(C)C. The van der Waals surface area contributed by atoms with Gasteiger partial charge in [0, 0.05) is 36.3 Å². The van der Waals surface area contributed by atoms with E-state index in [0.717, 1.165) is 16.9 Å². The van der Waals surface area contributed by atoms with Crippen LogP contribution < -0.4 is 4.74 Å². The third-order valence-electron chi connectivity index (χ3n) is 5.32. The molecule has 0 bridgehead atoms. The highest BCUT2D eigenvalue weighted by atomic mass is 16.5. The van der Waals surface area contributed by atoms with Crippen LogP contribution in [0.1, 0.15) is 85.9 Å². The normalized spacial score (nSPS) is 12.2. The van der Waals surface area contributed by atoms with Gasteiger partial charge < -0.3 is 9.64 Å². The highest BCUT2D eigenvalue weighted by Crippen LogP contribution is 2.39. The number of hydrogen-bond donors (Lipinski definition) is 0. The van der Waals surface area contributed by atoms with Gasteiger partial charge in [-0.1, -0.05) is 59.7 Å². The van der Waals surface area contributed by atoms with Crippen molar-refractivity contribution in [3.63, 3.8) is 0 Å². The van der Waals surface area contributed by atoms with Crippen LogP contribution in [0.15, 0.2) is 42.5 Å². The monoisotopic (exact) mass is 435 g/mol. The molecule has 0 aliphatic carbocycles. The van der Waals surface area contributed by atoms with Gasteiger partial charge in [-0.15, -0.1) is 0 Å². The van der Waals surface area contributed by atoms with E-state index in [9.17, 15) is 9.59 Å². The minimum atomic E-state index is -0.116. The number of carbonyl (C=O) groups is 2. The van der Waals surface area contributed by atoms with E-state index >= 15 is 0 Å². The van der Waals surface area contributed by atoms with E-state index in [1.807, 2.05) is 13.0 Å². The van der Waals surface area contributed by atoms with E-state index in [4.69, 9.17) is 4.74 Å². The van der Waals surface area contributed by atoms with Crippen LogP contribution in [0.2, 0.25) is 0 Å². The molecule has 0 aliphatic heterocycles. The van der Waals surface area contributed by atoms with Crippen LogP contribution in [0.25, 0.3) is 6.08 Å². The Morgan fingerprint density at radius 3 is 1.94 bits per heavy atom. The molecule has 0 unspecified atom stereocenters. The first-order valence-electron chi connectivity index (χ1n) is 11.1. The Hall–Kier alpha value is -2.88. The number of rotatable bonds is 6. The van der Waals surface area contributed by atoms with Gasteiger partial charge in [-0.2, -0.15) is 0 Å². The van der Waals surface area contributed by atoms with Crippen molar-refractivity contribution in [2.45, 2.75) is 59.3 Å². The van der Waals surface area contributed by atoms with E-state index in [-0.39, 0.29) is 22.5 Å². The number of ketones is 1. The number of amides is 1. The summed E-state index contributed by atoms with van der Waals surface area (Å²) in [7, 11) is 3.41. The van der Waals surface area contributed by atoms with E-state index in [0.29, 0.717) is 17.7 Å². The first-order valence-corrected chi connectivity index (χ1v) is 11.1. The van der Waals surface area contributed by atoms with E-state index < -0.39 is 0 Å². The maximum atomic E-state index is 12.8. The first-order chi connectivity index (χ1) is 14.8. The molecule has 0 aliphatic rings. The molecule has 0 aromatic heterocycles. The molecule has 0 heterocycles. The Labute approximate surface area is 193 Å². The smallest absolute Gasteiger partial charge is 0.253 e. The maximum absolute atomic E-state index is 12.8. The Bertz CT molecular complexity index is 1000. The Kier molecular flexibility index (Phi) is 7.71. The van der Waals surface area contributed by atoms with Crippen LogP contribution in [0.4, 0.5) is 0 Å². The van der Waals surface area contributed by atoms with Gasteiger partial charge in [0.15, 0.2) is 5.78 Å². The van der Waals surface area contributed by atoms with Crippen LogP contribution in [-0.4, -0.2) is 37.3 Å².